The van der Waals surface area contributed by atoms with E-state index >= 15 is 0 Å². The average molecular weight is 230 g/mol. The van der Waals surface area contributed by atoms with Crippen molar-refractivity contribution >= 4 is 34.2 Å². The summed E-state index contributed by atoms with van der Waals surface area (Å²) in [6, 6.07) is 0. The molecule has 6 heteroatoms. The molecule has 0 spiro atoms. The van der Waals surface area contributed by atoms with Crippen molar-refractivity contribution in [3.05, 3.63) is 11.1 Å². The monoisotopic (exact) mass is 230 g/mol. The van der Waals surface area contributed by atoms with E-state index in [4.69, 9.17) is 5.11 Å². The third-order valence-corrected chi connectivity index (χ3v) is 4.19. The molecule has 1 fully saturated rings. The van der Waals surface area contributed by atoms with Gasteiger partial charge < -0.3 is 10.4 Å². The number of nitrogens with zero attached hydrogens (tertiary/aromatic N) is 1. The Morgan fingerprint density at radius 1 is 1.71 bits per heavy atom. The number of hydrogen-bond acceptors (Lipinski definition) is 5. The van der Waals surface area contributed by atoms with E-state index in [-0.39, 0.29) is 5.69 Å². The molecule has 1 aromatic heterocycles. The Balaban J connectivity index is 1.86. The van der Waals surface area contributed by atoms with Crippen molar-refractivity contribution in [2.75, 3.05) is 23.4 Å². The maximum absolute atomic E-state index is 10.5. The van der Waals surface area contributed by atoms with E-state index in [2.05, 4.69) is 10.3 Å². The van der Waals surface area contributed by atoms with Crippen LogP contribution in [0.3, 0.4) is 0 Å². The molecular weight excluding hydrogens is 220 g/mol. The fourth-order valence-corrected chi connectivity index (χ4v) is 2.59. The number of anilines is 1. The van der Waals surface area contributed by atoms with Gasteiger partial charge in [0, 0.05) is 11.9 Å². The first-order valence-corrected chi connectivity index (χ1v) is 6.29. The molecule has 0 amide bonds. The average Bonchev–Trinajstić information content (AvgIpc) is 2.50. The van der Waals surface area contributed by atoms with Crippen LogP contribution in [0.25, 0.3) is 0 Å². The van der Waals surface area contributed by atoms with Crippen molar-refractivity contribution in [3.63, 3.8) is 0 Å². The molecule has 1 aromatic rings. The topological polar surface area (TPSA) is 62.2 Å². The van der Waals surface area contributed by atoms with E-state index in [0.29, 0.717) is 5.13 Å². The quantitative estimate of drug-likeness (QED) is 0.823. The lowest BCUT2D eigenvalue weighted by Crippen LogP contribution is -2.26. The van der Waals surface area contributed by atoms with Crippen LogP contribution in [0.4, 0.5) is 5.13 Å². The first-order valence-electron chi connectivity index (χ1n) is 4.26. The molecule has 1 saturated heterocycles. The number of carbonyl (C=O) groups is 1. The Hall–Kier alpha value is -0.750. The van der Waals surface area contributed by atoms with Gasteiger partial charge in [-0.2, -0.15) is 11.8 Å². The van der Waals surface area contributed by atoms with Gasteiger partial charge in [0.25, 0.3) is 0 Å². The van der Waals surface area contributed by atoms with Crippen LogP contribution in [0.1, 0.15) is 10.5 Å². The Labute approximate surface area is 89.7 Å². The molecule has 1 aliphatic rings. The summed E-state index contributed by atoms with van der Waals surface area (Å²) in [6.07, 6.45) is 0. The molecule has 1 aliphatic heterocycles. The highest BCUT2D eigenvalue weighted by molar-refractivity contribution is 8.00. The van der Waals surface area contributed by atoms with E-state index in [9.17, 15) is 4.79 Å². The van der Waals surface area contributed by atoms with Crippen LogP contribution in [0.15, 0.2) is 5.38 Å². The maximum Gasteiger partial charge on any atom is 0.355 e. The largest absolute Gasteiger partial charge is 0.476 e. The predicted octanol–water partition coefficient (Wildman–Crippen LogP) is 1.62. The lowest BCUT2D eigenvalue weighted by Gasteiger charge is -2.24. The van der Waals surface area contributed by atoms with Crippen LogP contribution in [0.5, 0.6) is 0 Å². The third kappa shape index (κ3) is 2.19. The second kappa shape index (κ2) is 4.18. The molecule has 2 N–H and O–H groups in total. The van der Waals surface area contributed by atoms with Crippen molar-refractivity contribution in [1.29, 1.82) is 0 Å². The van der Waals surface area contributed by atoms with Gasteiger partial charge in [0.15, 0.2) is 10.8 Å². The van der Waals surface area contributed by atoms with Gasteiger partial charge in [-0.05, 0) is 17.4 Å². The van der Waals surface area contributed by atoms with E-state index < -0.39 is 5.97 Å². The molecule has 14 heavy (non-hydrogen) atoms. The Morgan fingerprint density at radius 3 is 3.00 bits per heavy atom. The summed E-state index contributed by atoms with van der Waals surface area (Å²) in [4.78, 5) is 14.5. The van der Waals surface area contributed by atoms with Gasteiger partial charge in [-0.1, -0.05) is 0 Å². The number of carboxylic acids is 1. The van der Waals surface area contributed by atoms with Gasteiger partial charge in [-0.25, -0.2) is 9.78 Å². The van der Waals surface area contributed by atoms with Crippen LogP contribution in [-0.2, 0) is 0 Å². The van der Waals surface area contributed by atoms with Gasteiger partial charge in [0.1, 0.15) is 0 Å². The second-order valence-electron chi connectivity index (χ2n) is 3.13. The molecule has 0 saturated carbocycles. The summed E-state index contributed by atoms with van der Waals surface area (Å²) >= 11 is 3.28. The molecule has 2 heterocycles. The highest BCUT2D eigenvalue weighted by atomic mass is 32.2. The highest BCUT2D eigenvalue weighted by Gasteiger charge is 2.18. The van der Waals surface area contributed by atoms with Gasteiger partial charge in [-0.15, -0.1) is 11.3 Å². The first-order chi connectivity index (χ1) is 6.75. The fraction of sp³-hybridized carbons (Fsp3) is 0.500. The molecule has 2 rings (SSSR count). The summed E-state index contributed by atoms with van der Waals surface area (Å²) < 4.78 is 0. The summed E-state index contributed by atoms with van der Waals surface area (Å²) in [5, 5.41) is 14.1. The number of hydrogen-bond donors (Lipinski definition) is 2. The molecule has 4 nitrogen and oxygen atoms in total. The van der Waals surface area contributed by atoms with E-state index in [0.717, 1.165) is 12.5 Å². The van der Waals surface area contributed by atoms with Gasteiger partial charge in [0.05, 0.1) is 0 Å². The maximum atomic E-state index is 10.5. The summed E-state index contributed by atoms with van der Waals surface area (Å²) in [7, 11) is 0. The van der Waals surface area contributed by atoms with Crippen LogP contribution < -0.4 is 5.32 Å². The minimum Gasteiger partial charge on any atom is -0.476 e. The zero-order valence-corrected chi connectivity index (χ0v) is 9.03. The SMILES string of the molecule is O=C(O)c1csc(NCC2CSC2)n1. The summed E-state index contributed by atoms with van der Waals surface area (Å²) in [5.74, 6) is 2.15. The van der Waals surface area contributed by atoms with Gasteiger partial charge in [-0.3, -0.25) is 0 Å². The van der Waals surface area contributed by atoms with Gasteiger partial charge >= 0.3 is 5.97 Å². The standard InChI is InChI=1S/C8H10N2O2S2/c11-7(12)6-4-14-8(10-6)9-1-5-2-13-3-5/h4-5H,1-3H2,(H,9,10)(H,11,12). The number of rotatable bonds is 4. The zero-order chi connectivity index (χ0) is 9.97. The van der Waals surface area contributed by atoms with Crippen LogP contribution in [-0.4, -0.2) is 34.1 Å². The molecular formula is C8H10N2O2S2. The molecule has 76 valence electrons. The number of aromatic carboxylic acids is 1. The lowest BCUT2D eigenvalue weighted by atomic mass is 10.2. The molecule has 0 aromatic carbocycles. The highest BCUT2D eigenvalue weighted by Crippen LogP contribution is 2.25. The fourth-order valence-electron chi connectivity index (χ4n) is 1.09. The first kappa shape index (κ1) is 9.79. The normalized spacial score (nSPS) is 16.3. The Kier molecular flexibility index (Phi) is 2.93. The third-order valence-electron chi connectivity index (χ3n) is 1.97. The van der Waals surface area contributed by atoms with E-state index in [1.165, 1.54) is 22.8 Å². The molecule has 0 unspecified atom stereocenters. The van der Waals surface area contributed by atoms with Gasteiger partial charge in [0.2, 0.25) is 0 Å². The summed E-state index contributed by atoms with van der Waals surface area (Å²) in [6.45, 7) is 0.902. The Bertz CT molecular complexity index is 336. The van der Waals surface area contributed by atoms with E-state index in [1.807, 2.05) is 11.8 Å². The Morgan fingerprint density at radius 2 is 2.50 bits per heavy atom. The molecule has 0 aliphatic carbocycles. The van der Waals surface area contributed by atoms with Crippen LogP contribution in [0, 0.1) is 5.92 Å². The smallest absolute Gasteiger partial charge is 0.355 e. The minimum absolute atomic E-state index is 0.125. The number of thiazole rings is 1. The predicted molar refractivity (Wildman–Crippen MR) is 58.4 cm³/mol. The van der Waals surface area contributed by atoms with Crippen molar-refractivity contribution in [3.8, 4) is 0 Å². The molecule has 0 bridgehead atoms. The van der Waals surface area contributed by atoms with Crippen LogP contribution >= 0.6 is 23.1 Å². The lowest BCUT2D eigenvalue weighted by molar-refractivity contribution is 0.0691. The van der Waals surface area contributed by atoms with Crippen molar-refractivity contribution < 1.29 is 9.90 Å². The number of carboxylic acid groups (broad SMARTS) is 1. The summed E-state index contributed by atoms with van der Waals surface area (Å²) in [5.41, 5.74) is 0.125. The number of aromatic nitrogens is 1. The van der Waals surface area contributed by atoms with Crippen molar-refractivity contribution in [2.45, 2.75) is 0 Å². The minimum atomic E-state index is -0.964. The van der Waals surface area contributed by atoms with Crippen LogP contribution in [0.2, 0.25) is 0 Å². The number of nitrogens with one attached hydrogen (secondary N) is 1. The van der Waals surface area contributed by atoms with E-state index in [1.54, 1.807) is 5.38 Å². The van der Waals surface area contributed by atoms with Crippen molar-refractivity contribution in [2.24, 2.45) is 5.92 Å². The second-order valence-corrected chi connectivity index (χ2v) is 5.06. The number of thioether (sulfide) groups is 1. The molecule has 0 radical (unpaired) electrons. The molecule has 0 atom stereocenters. The van der Waals surface area contributed by atoms with Crippen molar-refractivity contribution in [1.82, 2.24) is 4.98 Å². The zero-order valence-electron chi connectivity index (χ0n) is 7.40.